The van der Waals surface area contributed by atoms with E-state index >= 15 is 0 Å². The maximum Gasteiger partial charge on any atom is 0.399 e. The van der Waals surface area contributed by atoms with Crippen molar-refractivity contribution in [2.24, 2.45) is 0 Å². The van der Waals surface area contributed by atoms with Crippen LogP contribution in [0.25, 0.3) is 11.3 Å². The predicted molar refractivity (Wildman–Crippen MR) is 153 cm³/mol. The van der Waals surface area contributed by atoms with Crippen molar-refractivity contribution in [2.75, 3.05) is 21.3 Å². The molecule has 1 heterocycles. The molecule has 0 spiro atoms. The topological polar surface area (TPSA) is 107 Å². The minimum Gasteiger partial charge on any atom is -0.497 e. The monoisotopic (exact) mass is 666 g/mol. The van der Waals surface area contributed by atoms with Crippen molar-refractivity contribution >= 4 is 29.5 Å². The zero-order valence-corrected chi connectivity index (χ0v) is 25.2. The van der Waals surface area contributed by atoms with Crippen molar-refractivity contribution in [1.29, 1.82) is 0 Å². The molecule has 0 unspecified atom stereocenters. The quantitative estimate of drug-likeness (QED) is 0.125. The molecule has 4 aromatic rings. The minimum atomic E-state index is -4.60. The Morgan fingerprint density at radius 3 is 2.07 bits per heavy atom. The number of esters is 1. The first kappa shape index (κ1) is 31.2. The summed E-state index contributed by atoms with van der Waals surface area (Å²) in [5, 5.41) is 0. The molecule has 0 saturated carbocycles. The van der Waals surface area contributed by atoms with Gasteiger partial charge in [-0.3, -0.25) is 13.7 Å². The van der Waals surface area contributed by atoms with Gasteiger partial charge in [-0.15, -0.1) is 9.46 Å². The summed E-state index contributed by atoms with van der Waals surface area (Å²) in [5.74, 6) is 0.650. The third-order valence-electron chi connectivity index (χ3n) is 6.44. The Balaban J connectivity index is 1.75. The van der Waals surface area contributed by atoms with Gasteiger partial charge in [-0.05, 0) is 61.6 Å². The van der Waals surface area contributed by atoms with Crippen LogP contribution >= 0.6 is 23.5 Å². The van der Waals surface area contributed by atoms with Crippen LogP contribution in [-0.2, 0) is 38.0 Å². The van der Waals surface area contributed by atoms with E-state index in [-0.39, 0.29) is 24.3 Å². The van der Waals surface area contributed by atoms with Gasteiger partial charge < -0.3 is 14.2 Å². The third-order valence-corrected chi connectivity index (χ3v) is 8.33. The van der Waals surface area contributed by atoms with Crippen molar-refractivity contribution in [2.45, 2.75) is 19.3 Å². The van der Waals surface area contributed by atoms with Gasteiger partial charge in [-0.25, -0.2) is 9.59 Å². The summed E-state index contributed by atoms with van der Waals surface area (Å²) in [4.78, 5) is 25.7. The molecule has 0 radical (unpaired) electrons. The number of nitrogens with zero attached hydrogens (tertiary/aromatic N) is 2. The predicted octanol–water partition coefficient (Wildman–Crippen LogP) is 6.48. The van der Waals surface area contributed by atoms with Crippen LogP contribution < -0.4 is 15.2 Å². The molecular formula is C28H26BrF2N2O8P. The first-order valence-electron chi connectivity index (χ1n) is 12.3. The molecule has 4 rings (SSSR count). The largest absolute Gasteiger partial charge is 0.497 e. The molecule has 0 amide bonds. The Morgan fingerprint density at radius 2 is 1.52 bits per heavy atom. The Labute approximate surface area is 247 Å². The SMILES string of the molecule is COC(=O)c1ccc(-c2cn(Cc3cc(OC)cc(OC)c3)c(=O)n2Cc2ccc(CP(=O)(OF)OF)c(Br)c2)cc1. The fourth-order valence-electron chi connectivity index (χ4n) is 4.34. The van der Waals surface area contributed by atoms with Gasteiger partial charge in [0.25, 0.3) is 0 Å². The number of benzene rings is 3. The first-order chi connectivity index (χ1) is 20.1. The minimum absolute atomic E-state index is 0.108. The normalized spacial score (nSPS) is 11.4. The summed E-state index contributed by atoms with van der Waals surface area (Å²) in [6.07, 6.45) is 1.05. The summed E-state index contributed by atoms with van der Waals surface area (Å²) in [6.45, 7) is 0.314. The third kappa shape index (κ3) is 6.99. The van der Waals surface area contributed by atoms with Gasteiger partial charge in [0.2, 0.25) is 0 Å². The van der Waals surface area contributed by atoms with Crippen molar-refractivity contribution < 1.29 is 42.1 Å². The van der Waals surface area contributed by atoms with Crippen molar-refractivity contribution in [3.63, 3.8) is 0 Å². The number of ether oxygens (including phenoxy) is 3. The maximum atomic E-state index is 13.7. The second kappa shape index (κ2) is 13.5. The number of halogens is 3. The van der Waals surface area contributed by atoms with Crippen LogP contribution in [-0.4, -0.2) is 36.4 Å². The molecule has 1 aromatic heterocycles. The fraction of sp³-hybridized carbons (Fsp3) is 0.214. The molecule has 0 aliphatic rings. The van der Waals surface area contributed by atoms with Crippen LogP contribution in [0.15, 0.2) is 76.1 Å². The van der Waals surface area contributed by atoms with Crippen molar-refractivity contribution in [3.05, 3.63) is 104 Å². The van der Waals surface area contributed by atoms with Gasteiger partial charge in [-0.1, -0.05) is 40.2 Å². The van der Waals surface area contributed by atoms with E-state index in [9.17, 15) is 23.2 Å². The van der Waals surface area contributed by atoms with E-state index in [1.165, 1.54) is 32.0 Å². The molecule has 42 heavy (non-hydrogen) atoms. The summed E-state index contributed by atoms with van der Waals surface area (Å²) in [7, 11) is -0.232. The smallest absolute Gasteiger partial charge is 0.399 e. The highest BCUT2D eigenvalue weighted by Crippen LogP contribution is 2.53. The number of carbonyl (C=O) groups excluding carboxylic acids is 1. The lowest BCUT2D eigenvalue weighted by atomic mass is 10.1. The number of aromatic nitrogens is 2. The number of rotatable bonds is 12. The average molecular weight is 667 g/mol. The highest BCUT2D eigenvalue weighted by molar-refractivity contribution is 9.10. The highest BCUT2D eigenvalue weighted by atomic mass is 79.9. The zero-order valence-electron chi connectivity index (χ0n) is 22.7. The fourth-order valence-corrected chi connectivity index (χ4v) is 5.94. The van der Waals surface area contributed by atoms with Crippen LogP contribution in [0.3, 0.4) is 0 Å². The second-order valence-corrected chi connectivity index (χ2v) is 11.8. The molecule has 0 atom stereocenters. The summed E-state index contributed by atoms with van der Waals surface area (Å²) in [6, 6.07) is 16.7. The number of methoxy groups -OCH3 is 3. The summed E-state index contributed by atoms with van der Waals surface area (Å²) < 4.78 is 62.5. The average Bonchev–Trinajstić information content (AvgIpc) is 3.31. The van der Waals surface area contributed by atoms with Gasteiger partial charge in [-0.2, -0.15) is 0 Å². The van der Waals surface area contributed by atoms with Crippen molar-refractivity contribution in [1.82, 2.24) is 9.13 Å². The standard InChI is InChI=1S/C28H26BrF2N2O8P/c1-37-23-10-19(11-24(13-23)38-2)14-32-16-26(20-6-8-21(9-7-20)27(34)39-3)33(28(32)35)15-18-4-5-22(25(29)12-18)17-42(36,40-30)41-31/h4-13,16H,14-15,17H2,1-3H3. The van der Waals surface area contributed by atoms with Gasteiger partial charge in [0.1, 0.15) is 11.5 Å². The summed E-state index contributed by atoms with van der Waals surface area (Å²) in [5.41, 5.74) is 2.94. The van der Waals surface area contributed by atoms with E-state index in [1.807, 2.05) is 0 Å². The second-order valence-electron chi connectivity index (χ2n) is 9.13. The maximum absolute atomic E-state index is 13.7. The molecule has 0 fully saturated rings. The lowest BCUT2D eigenvalue weighted by Gasteiger charge is -2.12. The first-order valence-corrected chi connectivity index (χ1v) is 14.8. The lowest BCUT2D eigenvalue weighted by molar-refractivity contribution is -0.0881. The Bertz CT molecular complexity index is 1660. The van der Waals surface area contributed by atoms with Gasteiger partial charge in [0.15, 0.2) is 0 Å². The van der Waals surface area contributed by atoms with Crippen LogP contribution in [0.1, 0.15) is 27.0 Å². The molecule has 0 aliphatic heterocycles. The van der Waals surface area contributed by atoms with E-state index in [4.69, 9.17) is 14.2 Å². The molecular weight excluding hydrogens is 641 g/mol. The number of carbonyl (C=O) groups is 1. The van der Waals surface area contributed by atoms with E-state index in [0.29, 0.717) is 38.4 Å². The van der Waals surface area contributed by atoms with E-state index < -0.39 is 19.7 Å². The van der Waals surface area contributed by atoms with Crippen LogP contribution in [0, 0.1) is 0 Å². The molecule has 222 valence electrons. The van der Waals surface area contributed by atoms with Crippen LogP contribution in [0.2, 0.25) is 0 Å². The number of hydrogen-bond acceptors (Lipinski definition) is 8. The molecule has 0 aliphatic carbocycles. The molecule has 14 heteroatoms. The van der Waals surface area contributed by atoms with E-state index in [0.717, 1.165) is 5.56 Å². The Hall–Kier alpha value is -3.77. The molecule has 0 N–H and O–H groups in total. The van der Waals surface area contributed by atoms with E-state index in [1.54, 1.807) is 65.4 Å². The molecule has 0 bridgehead atoms. The Kier molecular flexibility index (Phi) is 10.00. The Morgan fingerprint density at radius 1 is 0.881 bits per heavy atom. The molecule has 10 nitrogen and oxygen atoms in total. The van der Waals surface area contributed by atoms with Gasteiger partial charge in [0.05, 0.1) is 51.8 Å². The van der Waals surface area contributed by atoms with Crippen LogP contribution in [0.5, 0.6) is 11.5 Å². The molecule has 3 aromatic carbocycles. The number of imidazole rings is 1. The van der Waals surface area contributed by atoms with Crippen molar-refractivity contribution in [3.8, 4) is 22.8 Å². The lowest BCUT2D eigenvalue weighted by Crippen LogP contribution is -2.25. The van der Waals surface area contributed by atoms with Crippen LogP contribution in [0.4, 0.5) is 9.05 Å². The van der Waals surface area contributed by atoms with Gasteiger partial charge in [0, 0.05) is 16.7 Å². The van der Waals surface area contributed by atoms with E-state index in [2.05, 4.69) is 25.4 Å². The number of hydrogen-bond donors (Lipinski definition) is 0. The summed E-state index contributed by atoms with van der Waals surface area (Å²) >= 11 is 3.32. The highest BCUT2D eigenvalue weighted by Gasteiger charge is 2.29. The molecule has 0 saturated heterocycles. The zero-order chi connectivity index (χ0) is 30.4. The van der Waals surface area contributed by atoms with Gasteiger partial charge >= 0.3 is 19.3 Å².